The van der Waals surface area contributed by atoms with E-state index in [1.807, 2.05) is 0 Å². The van der Waals surface area contributed by atoms with Gasteiger partial charge in [-0.1, -0.05) is 6.92 Å². The van der Waals surface area contributed by atoms with Crippen LogP contribution >= 0.6 is 11.8 Å². The summed E-state index contributed by atoms with van der Waals surface area (Å²) >= 11 is 1.03. The van der Waals surface area contributed by atoms with Gasteiger partial charge in [-0.3, -0.25) is 0 Å². The summed E-state index contributed by atoms with van der Waals surface area (Å²) in [7, 11) is 0. The Hall–Kier alpha value is -0.580. The second-order valence-electron chi connectivity index (χ2n) is 2.07. The molecule has 1 heterocycles. The first-order valence-electron chi connectivity index (χ1n) is 3.24. The molecule has 0 bridgehead atoms. The third kappa shape index (κ3) is 1.97. The molecule has 1 aromatic rings. The first-order valence-corrected chi connectivity index (χ1v) is 4.12. The summed E-state index contributed by atoms with van der Waals surface area (Å²) in [6, 6.07) is 1.03. The van der Waals surface area contributed by atoms with Crippen molar-refractivity contribution in [1.82, 2.24) is 4.98 Å². The van der Waals surface area contributed by atoms with E-state index in [0.29, 0.717) is 0 Å². The van der Waals surface area contributed by atoms with Crippen molar-refractivity contribution in [3.63, 3.8) is 0 Å². The third-order valence-corrected chi connectivity index (χ3v) is 2.06. The van der Waals surface area contributed by atoms with Crippen LogP contribution < -0.4 is 0 Å². The molecule has 5 heteroatoms. The van der Waals surface area contributed by atoms with E-state index in [1.165, 1.54) is 6.20 Å². The minimum absolute atomic E-state index is 0.144. The molecule has 0 aliphatic carbocycles. The van der Waals surface area contributed by atoms with E-state index >= 15 is 0 Å². The molecular weight excluding hydrogens is 187 g/mol. The van der Waals surface area contributed by atoms with Gasteiger partial charge in [-0.15, -0.1) is 11.8 Å². The molecule has 0 spiro atoms. The highest BCUT2D eigenvalue weighted by molar-refractivity contribution is 8.01. The van der Waals surface area contributed by atoms with Gasteiger partial charge in [-0.25, -0.2) is 0 Å². The second kappa shape index (κ2) is 3.43. The fraction of sp³-hybridized carbons (Fsp3) is 0.286. The lowest BCUT2D eigenvalue weighted by molar-refractivity contribution is -0.139. The molecule has 12 heavy (non-hydrogen) atoms. The Kier molecular flexibility index (Phi) is 2.72. The Bertz CT molecular complexity index is 253. The second-order valence-corrected chi connectivity index (χ2v) is 3.19. The average Bonchev–Trinajstić information content (AvgIpc) is 2.34. The first-order chi connectivity index (χ1) is 5.55. The lowest BCUT2D eigenvalue weighted by atomic mass is 10.3. The van der Waals surface area contributed by atoms with E-state index in [1.54, 1.807) is 12.7 Å². The molecule has 0 amide bonds. The minimum Gasteiger partial charge on any atom is -0.356 e. The van der Waals surface area contributed by atoms with Crippen LogP contribution in [0.1, 0.15) is 12.5 Å². The molecule has 0 aromatic carbocycles. The number of halogens is 3. The smallest absolute Gasteiger partial charge is 0.356 e. The Morgan fingerprint density at radius 1 is 1.50 bits per heavy atom. The van der Waals surface area contributed by atoms with Crippen molar-refractivity contribution in [2.45, 2.75) is 18.1 Å². The number of nitrogens with one attached hydrogen (secondary N) is 1. The highest BCUT2D eigenvalue weighted by Crippen LogP contribution is 2.36. The van der Waals surface area contributed by atoms with Crippen molar-refractivity contribution in [3.05, 3.63) is 23.6 Å². The molecule has 0 saturated carbocycles. The Morgan fingerprint density at radius 2 is 2.17 bits per heavy atom. The van der Waals surface area contributed by atoms with Crippen molar-refractivity contribution < 1.29 is 13.2 Å². The lowest BCUT2D eigenvalue weighted by Crippen LogP contribution is -2.04. The Morgan fingerprint density at radius 3 is 2.67 bits per heavy atom. The SMILES string of the molecule is C[CH]Sc1[nH]ccc1C(F)(F)F. The number of hydrogen-bond donors (Lipinski definition) is 1. The summed E-state index contributed by atoms with van der Waals surface area (Å²) in [6.45, 7) is 1.69. The number of hydrogen-bond acceptors (Lipinski definition) is 1. The zero-order valence-corrected chi connectivity index (χ0v) is 7.09. The molecule has 67 valence electrons. The molecule has 0 unspecified atom stereocenters. The quantitative estimate of drug-likeness (QED) is 0.714. The zero-order chi connectivity index (χ0) is 9.19. The molecule has 0 aliphatic rings. The maximum absolute atomic E-state index is 12.2. The van der Waals surface area contributed by atoms with E-state index < -0.39 is 11.7 Å². The van der Waals surface area contributed by atoms with E-state index in [9.17, 15) is 13.2 Å². The fourth-order valence-electron chi connectivity index (χ4n) is 0.793. The number of thioether (sulfide) groups is 1. The Labute approximate surface area is 72.4 Å². The first kappa shape index (κ1) is 9.51. The predicted octanol–water partition coefficient (Wildman–Crippen LogP) is 3.31. The van der Waals surface area contributed by atoms with Crippen molar-refractivity contribution in [1.29, 1.82) is 0 Å². The van der Waals surface area contributed by atoms with Gasteiger partial charge in [0.2, 0.25) is 0 Å². The lowest BCUT2D eigenvalue weighted by Gasteiger charge is -2.05. The van der Waals surface area contributed by atoms with E-state index in [2.05, 4.69) is 4.98 Å². The molecule has 1 radical (unpaired) electrons. The summed E-state index contributed by atoms with van der Waals surface area (Å²) in [5.41, 5.74) is -0.606. The highest BCUT2D eigenvalue weighted by atomic mass is 32.2. The summed E-state index contributed by atoms with van der Waals surface area (Å²) in [5, 5.41) is 0.144. The van der Waals surface area contributed by atoms with Crippen LogP contribution in [-0.4, -0.2) is 4.98 Å². The number of aromatic amines is 1. The number of H-pyrrole nitrogens is 1. The van der Waals surface area contributed by atoms with Crippen molar-refractivity contribution in [2.75, 3.05) is 0 Å². The van der Waals surface area contributed by atoms with Gasteiger partial charge in [0.15, 0.2) is 0 Å². The van der Waals surface area contributed by atoms with Crippen LogP contribution in [0.25, 0.3) is 0 Å². The third-order valence-electron chi connectivity index (χ3n) is 1.25. The van der Waals surface area contributed by atoms with Gasteiger partial charge in [0.05, 0.1) is 10.6 Å². The number of aromatic nitrogens is 1. The van der Waals surface area contributed by atoms with E-state index in [-0.39, 0.29) is 5.03 Å². The van der Waals surface area contributed by atoms with Gasteiger partial charge < -0.3 is 4.98 Å². The van der Waals surface area contributed by atoms with Gasteiger partial charge in [0.1, 0.15) is 0 Å². The summed E-state index contributed by atoms with van der Waals surface area (Å²) in [5.74, 6) is 1.60. The standard InChI is InChI=1S/C7H7F3NS/c1-2-12-6-5(3-4-11-6)7(8,9)10/h2-4,11H,1H3. The monoisotopic (exact) mass is 194 g/mol. The molecule has 0 saturated heterocycles. The van der Waals surface area contributed by atoms with Crippen LogP contribution in [0.5, 0.6) is 0 Å². The van der Waals surface area contributed by atoms with Crippen LogP contribution in [0.15, 0.2) is 17.3 Å². The number of alkyl halides is 3. The van der Waals surface area contributed by atoms with Gasteiger partial charge in [-0.2, -0.15) is 13.2 Å². The minimum atomic E-state index is -4.26. The average molecular weight is 194 g/mol. The van der Waals surface area contributed by atoms with Gasteiger partial charge in [-0.05, 0) is 6.07 Å². The summed E-state index contributed by atoms with van der Waals surface area (Å²) in [4.78, 5) is 2.52. The molecular formula is C7H7F3NS. The molecule has 1 rings (SSSR count). The maximum atomic E-state index is 12.2. The largest absolute Gasteiger partial charge is 0.418 e. The summed E-state index contributed by atoms with van der Waals surface area (Å²) < 4.78 is 36.5. The maximum Gasteiger partial charge on any atom is 0.418 e. The van der Waals surface area contributed by atoms with Crippen LogP contribution in [0.2, 0.25) is 0 Å². The number of rotatable bonds is 2. The summed E-state index contributed by atoms with van der Waals surface area (Å²) in [6.07, 6.45) is -2.97. The molecule has 0 fully saturated rings. The molecule has 0 aliphatic heterocycles. The van der Waals surface area contributed by atoms with Crippen molar-refractivity contribution >= 4 is 11.8 Å². The van der Waals surface area contributed by atoms with Gasteiger partial charge in [0, 0.05) is 11.9 Å². The zero-order valence-electron chi connectivity index (χ0n) is 6.27. The van der Waals surface area contributed by atoms with Crippen LogP contribution in [0.3, 0.4) is 0 Å². The van der Waals surface area contributed by atoms with Crippen LogP contribution in [0, 0.1) is 5.75 Å². The van der Waals surface area contributed by atoms with Crippen molar-refractivity contribution in [2.24, 2.45) is 0 Å². The molecule has 1 nitrogen and oxygen atoms in total. The Balaban J connectivity index is 2.91. The normalized spacial score (nSPS) is 12.0. The fourth-order valence-corrected chi connectivity index (χ4v) is 1.48. The molecule has 0 atom stereocenters. The van der Waals surface area contributed by atoms with E-state index in [4.69, 9.17) is 0 Å². The highest BCUT2D eigenvalue weighted by Gasteiger charge is 2.34. The van der Waals surface area contributed by atoms with Crippen LogP contribution in [0.4, 0.5) is 13.2 Å². The predicted molar refractivity (Wildman–Crippen MR) is 41.6 cm³/mol. The van der Waals surface area contributed by atoms with Crippen molar-refractivity contribution in [3.8, 4) is 0 Å². The van der Waals surface area contributed by atoms with Gasteiger partial charge >= 0.3 is 6.18 Å². The molecule has 1 N–H and O–H groups in total. The van der Waals surface area contributed by atoms with E-state index in [0.717, 1.165) is 17.8 Å². The molecule has 1 aromatic heterocycles. The van der Waals surface area contributed by atoms with Gasteiger partial charge in [0.25, 0.3) is 0 Å². The topological polar surface area (TPSA) is 15.8 Å². The van der Waals surface area contributed by atoms with Crippen LogP contribution in [-0.2, 0) is 6.18 Å².